The van der Waals surface area contributed by atoms with E-state index in [1.165, 1.54) is 25.2 Å². The van der Waals surface area contributed by atoms with Crippen LogP contribution in [0.25, 0.3) is 10.9 Å². The molecule has 0 radical (unpaired) electrons. The van der Waals surface area contributed by atoms with E-state index in [1.54, 1.807) is 6.92 Å². The van der Waals surface area contributed by atoms with E-state index in [0.29, 0.717) is 26.1 Å². The molecule has 39 heavy (non-hydrogen) atoms. The fourth-order valence-corrected chi connectivity index (χ4v) is 4.29. The van der Waals surface area contributed by atoms with Gasteiger partial charge in [0, 0.05) is 43.4 Å². The zero-order valence-electron chi connectivity index (χ0n) is 23.5. The van der Waals surface area contributed by atoms with Crippen LogP contribution in [0.15, 0.2) is 22.5 Å². The fourth-order valence-electron chi connectivity index (χ4n) is 4.29. The van der Waals surface area contributed by atoms with Gasteiger partial charge >= 0.3 is 0 Å². The summed E-state index contributed by atoms with van der Waals surface area (Å²) in [6, 6.07) is 2.01. The Morgan fingerprint density at radius 3 is 2.23 bits per heavy atom. The van der Waals surface area contributed by atoms with Crippen molar-refractivity contribution in [2.24, 2.45) is 11.8 Å². The van der Waals surface area contributed by atoms with Gasteiger partial charge in [0.1, 0.15) is 5.92 Å². The average molecular weight is 538 g/mol. The fraction of sp³-hybridized carbons (Fsp3) is 0.552. The molecular formula is C29H37N4O6-. The van der Waals surface area contributed by atoms with Crippen molar-refractivity contribution < 1.29 is 24.2 Å². The first-order chi connectivity index (χ1) is 18.5. The van der Waals surface area contributed by atoms with Crippen LogP contribution in [0.1, 0.15) is 58.6 Å². The lowest BCUT2D eigenvalue weighted by Gasteiger charge is -2.33. The van der Waals surface area contributed by atoms with E-state index < -0.39 is 35.1 Å². The second-order valence-corrected chi connectivity index (χ2v) is 9.98. The number of amides is 2. The van der Waals surface area contributed by atoms with Crippen LogP contribution in [-0.4, -0.2) is 53.2 Å². The summed E-state index contributed by atoms with van der Waals surface area (Å²) in [5, 5.41) is 22.4. The van der Waals surface area contributed by atoms with Gasteiger partial charge < -0.3 is 19.1 Å². The molecule has 2 heterocycles. The van der Waals surface area contributed by atoms with Gasteiger partial charge in [-0.25, -0.2) is 4.85 Å². The molecule has 0 aromatic carbocycles. The van der Waals surface area contributed by atoms with Crippen molar-refractivity contribution >= 4 is 23.6 Å². The maximum absolute atomic E-state index is 13.2. The van der Waals surface area contributed by atoms with Crippen LogP contribution in [0.5, 0.6) is 5.88 Å². The van der Waals surface area contributed by atoms with Gasteiger partial charge in [0.05, 0.1) is 24.8 Å². The van der Waals surface area contributed by atoms with Crippen molar-refractivity contribution in [3.63, 3.8) is 0 Å². The lowest BCUT2D eigenvalue weighted by Crippen LogP contribution is -2.50. The molecule has 0 N–H and O–H groups in total. The molecule has 2 rings (SSSR count). The van der Waals surface area contributed by atoms with Crippen molar-refractivity contribution in [3.05, 3.63) is 50.6 Å². The number of imide groups is 1. The van der Waals surface area contributed by atoms with Crippen molar-refractivity contribution in [2.45, 2.75) is 73.1 Å². The minimum absolute atomic E-state index is 0.0157. The molecule has 0 bridgehead atoms. The molecule has 1 aromatic rings. The van der Waals surface area contributed by atoms with E-state index in [1.807, 2.05) is 33.8 Å². The Hall–Kier alpha value is -3.73. The number of nitriles is 1. The van der Waals surface area contributed by atoms with Gasteiger partial charge in [0.25, 0.3) is 11.5 Å². The second-order valence-electron chi connectivity index (χ2n) is 9.98. The zero-order valence-corrected chi connectivity index (χ0v) is 23.5. The molecule has 1 aliphatic rings. The molecule has 0 spiro atoms. The van der Waals surface area contributed by atoms with Gasteiger partial charge in [0.2, 0.25) is 5.91 Å². The zero-order chi connectivity index (χ0) is 29.3. The normalized spacial score (nSPS) is 18.9. The molecule has 2 unspecified atom stereocenters. The van der Waals surface area contributed by atoms with Crippen LogP contribution in [0.3, 0.4) is 0 Å². The van der Waals surface area contributed by atoms with E-state index in [2.05, 4.69) is 4.85 Å². The van der Waals surface area contributed by atoms with E-state index >= 15 is 0 Å². The maximum atomic E-state index is 13.2. The van der Waals surface area contributed by atoms with Gasteiger partial charge in [-0.2, -0.15) is 5.26 Å². The predicted molar refractivity (Wildman–Crippen MR) is 145 cm³/mol. The van der Waals surface area contributed by atoms with E-state index in [0.717, 1.165) is 9.47 Å². The Bertz CT molecular complexity index is 1260. The summed E-state index contributed by atoms with van der Waals surface area (Å²) < 4.78 is 12.0. The first kappa shape index (κ1) is 31.5. The minimum atomic E-state index is -1.02. The molecule has 1 aliphatic heterocycles. The summed E-state index contributed by atoms with van der Waals surface area (Å²) in [6.45, 7) is 19.1. The molecule has 1 aromatic heterocycles. The number of aromatic nitrogens is 1. The highest BCUT2D eigenvalue weighted by atomic mass is 16.5. The monoisotopic (exact) mass is 537 g/mol. The van der Waals surface area contributed by atoms with Crippen LogP contribution in [0.4, 0.5) is 5.69 Å². The Kier molecular flexibility index (Phi) is 11.7. The maximum Gasteiger partial charge on any atom is 0.256 e. The highest BCUT2D eigenvalue weighted by molar-refractivity contribution is 6.09. The molecule has 10 nitrogen and oxygen atoms in total. The average Bonchev–Trinajstić information content (AvgIpc) is 2.87. The number of likely N-dealkylation sites (tertiary alicyclic amines) is 1. The third kappa shape index (κ3) is 7.66. The van der Waals surface area contributed by atoms with Crippen LogP contribution in [-0.2, 0) is 25.6 Å². The van der Waals surface area contributed by atoms with Crippen molar-refractivity contribution in [1.82, 2.24) is 9.47 Å². The molecule has 1 fully saturated rings. The van der Waals surface area contributed by atoms with Gasteiger partial charge in [0.15, 0.2) is 5.69 Å². The molecule has 1 saturated heterocycles. The summed E-state index contributed by atoms with van der Waals surface area (Å²) in [7, 11) is 0. The highest BCUT2D eigenvalue weighted by Gasteiger charge is 2.42. The molecule has 210 valence electrons. The molecule has 0 saturated carbocycles. The van der Waals surface area contributed by atoms with Gasteiger partial charge in [-0.3, -0.25) is 19.3 Å². The molecule has 10 heteroatoms. The van der Waals surface area contributed by atoms with Crippen LogP contribution in [0.2, 0.25) is 0 Å². The van der Waals surface area contributed by atoms with E-state index in [-0.39, 0.29) is 47.7 Å². The third-order valence-corrected chi connectivity index (χ3v) is 6.44. The Morgan fingerprint density at radius 2 is 1.69 bits per heavy atom. The van der Waals surface area contributed by atoms with Crippen LogP contribution < -0.4 is 10.7 Å². The van der Waals surface area contributed by atoms with E-state index in [9.17, 15) is 24.8 Å². The number of ether oxygens (including phenoxy) is 2. The van der Waals surface area contributed by atoms with Crippen LogP contribution in [0, 0.1) is 36.7 Å². The second kappa shape index (κ2) is 14.4. The Balaban J connectivity index is 2.39. The topological polar surface area (TPSA) is 129 Å². The number of hydrogen-bond donors (Lipinski definition) is 0. The standard InChI is InChI=1S/C29H38N4O6/c1-18(2)38-15-9-13-32-26(34)22(20(5)24(17-30)28(32)36)11-8-12-23-21(6)25(31-7)29(37)33(27(23)35)14-10-16-39-19(3)4/h8,11-12,18-20,24,37H,9-10,13-16H2,1-6H3/p-1/b12-8+,22-11-. The third-order valence-electron chi connectivity index (χ3n) is 6.44. The largest absolute Gasteiger partial charge is 0.869 e. The number of nitrogens with zero attached hydrogens (tertiary/aromatic N) is 4. The molecule has 2 atom stereocenters. The van der Waals surface area contributed by atoms with Crippen molar-refractivity contribution in [2.75, 3.05) is 19.8 Å². The van der Waals surface area contributed by atoms with Gasteiger partial charge in [-0.1, -0.05) is 25.2 Å². The number of rotatable bonds is 12. The Labute approximate surface area is 229 Å². The summed E-state index contributed by atoms with van der Waals surface area (Å²) in [5.41, 5.74) is -0.00233. The number of hydrogen-bond acceptors (Lipinski definition) is 7. The predicted octanol–water partition coefficient (Wildman–Crippen LogP) is 3.50. The molecule has 2 amide bonds. The lowest BCUT2D eigenvalue weighted by atomic mass is 9.82. The summed E-state index contributed by atoms with van der Waals surface area (Å²) in [5.74, 6) is -3.34. The minimum Gasteiger partial charge on any atom is -0.869 e. The summed E-state index contributed by atoms with van der Waals surface area (Å²) >= 11 is 0. The summed E-state index contributed by atoms with van der Waals surface area (Å²) in [4.78, 5) is 43.6. The number of allylic oxidation sites excluding steroid dienone is 2. The number of carbonyl (C=O) groups is 2. The smallest absolute Gasteiger partial charge is 0.256 e. The summed E-state index contributed by atoms with van der Waals surface area (Å²) in [6.07, 6.45) is 5.33. The van der Waals surface area contributed by atoms with Crippen molar-refractivity contribution in [1.29, 1.82) is 5.26 Å². The van der Waals surface area contributed by atoms with Gasteiger partial charge in [-0.15, -0.1) is 0 Å². The molecule has 0 aliphatic carbocycles. The number of carbonyl (C=O) groups excluding carboxylic acids is 2. The quantitative estimate of drug-likeness (QED) is 0.173. The first-order valence-corrected chi connectivity index (χ1v) is 13.1. The van der Waals surface area contributed by atoms with Crippen molar-refractivity contribution in [3.8, 4) is 11.9 Å². The number of piperidine rings is 1. The van der Waals surface area contributed by atoms with E-state index in [4.69, 9.17) is 16.0 Å². The molecular weight excluding hydrogens is 500 g/mol. The SMILES string of the molecule is [C-]#[N+]c1c(C)c(/C=C/C=C2\C(=O)N(CCCOC(C)C)C(=O)C(C#N)C2C)c(=O)n(CCCOC(C)C)c1[O-]. The van der Waals surface area contributed by atoms with Gasteiger partial charge in [-0.05, 0) is 58.9 Å². The lowest BCUT2D eigenvalue weighted by molar-refractivity contribution is -0.278. The Morgan fingerprint density at radius 1 is 1.10 bits per heavy atom. The number of pyridine rings is 1. The first-order valence-electron chi connectivity index (χ1n) is 13.1. The van der Waals surface area contributed by atoms with Crippen LogP contribution >= 0.6 is 0 Å². The highest BCUT2D eigenvalue weighted by Crippen LogP contribution is 2.31.